The molecule has 0 saturated heterocycles. The molecule has 0 aliphatic carbocycles. The predicted octanol–water partition coefficient (Wildman–Crippen LogP) is 10.2. The van der Waals surface area contributed by atoms with Crippen molar-refractivity contribution in [1.29, 1.82) is 0 Å². The molecule has 1 amide bonds. The number of nitrogens with zero attached hydrogens (tertiary/aromatic N) is 3. The summed E-state index contributed by atoms with van der Waals surface area (Å²) in [5.41, 5.74) is 6.27. The van der Waals surface area contributed by atoms with Gasteiger partial charge in [0.05, 0.1) is 33.4 Å². The fourth-order valence-electron chi connectivity index (χ4n) is 6.83. The number of rotatable bonds is 17. The summed E-state index contributed by atoms with van der Waals surface area (Å²) in [5.74, 6) is 0.348. The quantitative estimate of drug-likeness (QED) is 0.0768. The maximum absolute atomic E-state index is 13.8. The van der Waals surface area contributed by atoms with Crippen LogP contribution >= 0.6 is 0 Å². The van der Waals surface area contributed by atoms with Gasteiger partial charge in [-0.1, -0.05) is 112 Å². The van der Waals surface area contributed by atoms with E-state index in [9.17, 15) is 4.79 Å². The molecule has 0 aliphatic heterocycles. The van der Waals surface area contributed by atoms with Crippen molar-refractivity contribution in [2.24, 2.45) is 5.92 Å². The largest absolute Gasteiger partial charge is 0.384 e. The Labute approximate surface area is 285 Å². The van der Waals surface area contributed by atoms with Crippen molar-refractivity contribution in [3.8, 4) is 0 Å². The lowest BCUT2D eigenvalue weighted by molar-refractivity contribution is -0.135. The zero-order valence-electron chi connectivity index (χ0n) is 28.6. The summed E-state index contributed by atoms with van der Waals surface area (Å²) in [6.07, 6.45) is 8.55. The van der Waals surface area contributed by atoms with E-state index in [1.165, 1.54) is 19.3 Å². The molecule has 0 aliphatic rings. The maximum atomic E-state index is 13.8. The highest BCUT2D eigenvalue weighted by molar-refractivity contribution is 6.08. The number of carbonyl (C=O) groups excluding carboxylic acids is 1. The average Bonchev–Trinajstić information content (AvgIpc) is 3.12. The van der Waals surface area contributed by atoms with Crippen LogP contribution in [0.15, 0.2) is 97.1 Å². The molecule has 2 aromatic heterocycles. The number of para-hydroxylation sites is 4. The predicted molar refractivity (Wildman–Crippen MR) is 204 cm³/mol. The molecule has 2 heterocycles. The van der Waals surface area contributed by atoms with Gasteiger partial charge in [-0.2, -0.15) is 0 Å². The topological polar surface area (TPSA) is 70.2 Å². The molecule has 248 valence electrons. The van der Waals surface area contributed by atoms with Gasteiger partial charge in [-0.3, -0.25) is 4.79 Å². The van der Waals surface area contributed by atoms with Crippen LogP contribution in [0.4, 0.5) is 11.4 Å². The van der Waals surface area contributed by atoms with E-state index in [-0.39, 0.29) is 5.92 Å². The Bertz CT molecular complexity index is 1860. The molecule has 6 heteroatoms. The van der Waals surface area contributed by atoms with Crippen molar-refractivity contribution < 1.29 is 4.79 Å². The number of nitrogens with one attached hydrogen (secondary N) is 2. The van der Waals surface area contributed by atoms with E-state index >= 15 is 0 Å². The van der Waals surface area contributed by atoms with E-state index < -0.39 is 0 Å². The van der Waals surface area contributed by atoms with E-state index in [4.69, 9.17) is 9.97 Å². The molecule has 6 rings (SSSR count). The first-order valence-corrected chi connectivity index (χ1v) is 18.0. The highest BCUT2D eigenvalue weighted by Gasteiger charge is 2.20. The van der Waals surface area contributed by atoms with Gasteiger partial charge in [0, 0.05) is 53.6 Å². The van der Waals surface area contributed by atoms with Gasteiger partial charge in [0.2, 0.25) is 5.91 Å². The van der Waals surface area contributed by atoms with Gasteiger partial charge in [0.25, 0.3) is 0 Å². The lowest BCUT2D eigenvalue weighted by Gasteiger charge is -2.26. The fraction of sp³-hybridized carbons (Fsp3) is 0.357. The van der Waals surface area contributed by atoms with Crippen molar-refractivity contribution in [1.82, 2.24) is 14.9 Å². The smallest absolute Gasteiger partial charge is 0.225 e. The lowest BCUT2D eigenvalue weighted by atomic mass is 10.0. The third-order valence-electron chi connectivity index (χ3n) is 9.46. The summed E-state index contributed by atoms with van der Waals surface area (Å²) in [4.78, 5) is 25.6. The van der Waals surface area contributed by atoms with Crippen molar-refractivity contribution in [2.45, 2.75) is 65.2 Å². The minimum atomic E-state index is 0.0515. The Kier molecular flexibility index (Phi) is 11.3. The molecule has 0 fully saturated rings. The molecule has 6 nitrogen and oxygen atoms in total. The molecule has 2 N–H and O–H groups in total. The standard InChI is InChI=1S/C42H49N5O/c1-3-4-5-6-18-31(2)42(48)47(30-17-28-44-41-34-21-9-13-25-38(34)46-39-26-14-10-22-35(39)41)29-16-15-27-43-40-32-19-7-11-23-36(32)45-37-24-12-8-20-33(37)40/h7-14,19-26,31H,3-6,15-18,27-30H2,1-2H3,(H,43,45)(H,44,46). The number of fused-ring (bicyclic) bond motifs is 4. The van der Waals surface area contributed by atoms with E-state index in [0.29, 0.717) is 5.91 Å². The first-order chi connectivity index (χ1) is 23.6. The normalized spacial score (nSPS) is 12.1. The lowest BCUT2D eigenvalue weighted by Crippen LogP contribution is -2.37. The molecular formula is C42H49N5O. The third-order valence-corrected chi connectivity index (χ3v) is 9.46. The van der Waals surface area contributed by atoms with Crippen LogP contribution in [0.3, 0.4) is 0 Å². The Morgan fingerprint density at radius 3 is 1.50 bits per heavy atom. The van der Waals surface area contributed by atoms with Crippen molar-refractivity contribution in [3.63, 3.8) is 0 Å². The van der Waals surface area contributed by atoms with Crippen LogP contribution < -0.4 is 10.6 Å². The van der Waals surface area contributed by atoms with E-state index in [1.54, 1.807) is 0 Å². The highest BCUT2D eigenvalue weighted by atomic mass is 16.2. The van der Waals surface area contributed by atoms with Gasteiger partial charge in [-0.15, -0.1) is 0 Å². The number of benzene rings is 4. The van der Waals surface area contributed by atoms with Crippen molar-refractivity contribution in [2.75, 3.05) is 36.8 Å². The van der Waals surface area contributed by atoms with Gasteiger partial charge >= 0.3 is 0 Å². The number of aromatic nitrogens is 2. The van der Waals surface area contributed by atoms with Gasteiger partial charge < -0.3 is 15.5 Å². The van der Waals surface area contributed by atoms with Crippen LogP contribution in [0.2, 0.25) is 0 Å². The molecule has 0 bridgehead atoms. The molecule has 0 radical (unpaired) electrons. The third kappa shape index (κ3) is 7.87. The molecule has 1 atom stereocenters. The van der Waals surface area contributed by atoms with E-state index in [2.05, 4.69) is 102 Å². The SMILES string of the molecule is CCCCCCC(C)C(=O)N(CCCCNc1c2ccccc2nc2ccccc12)CCCNc1c2ccccc2nc2ccccc12. The fourth-order valence-corrected chi connectivity index (χ4v) is 6.83. The maximum Gasteiger partial charge on any atom is 0.225 e. The average molecular weight is 640 g/mol. The molecule has 48 heavy (non-hydrogen) atoms. The van der Waals surface area contributed by atoms with Crippen LogP contribution in [0.25, 0.3) is 43.6 Å². The van der Waals surface area contributed by atoms with Crippen LogP contribution in [-0.2, 0) is 4.79 Å². The van der Waals surface area contributed by atoms with E-state index in [1.807, 2.05) is 24.3 Å². The van der Waals surface area contributed by atoms with Crippen LogP contribution in [0, 0.1) is 5.92 Å². The summed E-state index contributed by atoms with van der Waals surface area (Å²) >= 11 is 0. The minimum Gasteiger partial charge on any atom is -0.384 e. The summed E-state index contributed by atoms with van der Waals surface area (Å²) in [7, 11) is 0. The number of hydrogen-bond acceptors (Lipinski definition) is 5. The van der Waals surface area contributed by atoms with Gasteiger partial charge in [-0.25, -0.2) is 9.97 Å². The van der Waals surface area contributed by atoms with Crippen LogP contribution in [-0.4, -0.2) is 47.0 Å². The summed E-state index contributed by atoms with van der Waals surface area (Å²) in [5, 5.41) is 12.0. The summed E-state index contributed by atoms with van der Waals surface area (Å²) in [6, 6.07) is 33.3. The molecule has 4 aromatic carbocycles. The number of pyridine rings is 2. The highest BCUT2D eigenvalue weighted by Crippen LogP contribution is 2.32. The van der Waals surface area contributed by atoms with Crippen molar-refractivity contribution in [3.05, 3.63) is 97.1 Å². The van der Waals surface area contributed by atoms with Crippen LogP contribution in [0.1, 0.15) is 65.2 Å². The Morgan fingerprint density at radius 1 is 0.583 bits per heavy atom. The number of hydrogen-bond donors (Lipinski definition) is 2. The number of carbonyl (C=O) groups is 1. The van der Waals surface area contributed by atoms with E-state index in [0.717, 1.165) is 113 Å². The first-order valence-electron chi connectivity index (χ1n) is 18.0. The second kappa shape index (κ2) is 16.4. The second-order valence-corrected chi connectivity index (χ2v) is 13.0. The zero-order chi connectivity index (χ0) is 33.1. The van der Waals surface area contributed by atoms with Gasteiger partial charge in [0.15, 0.2) is 0 Å². The molecule has 6 aromatic rings. The van der Waals surface area contributed by atoms with Gasteiger partial charge in [-0.05, 0) is 49.9 Å². The second-order valence-electron chi connectivity index (χ2n) is 13.0. The monoisotopic (exact) mass is 639 g/mol. The molecule has 0 saturated carbocycles. The van der Waals surface area contributed by atoms with Crippen molar-refractivity contribution >= 4 is 60.9 Å². The minimum absolute atomic E-state index is 0.0515. The van der Waals surface area contributed by atoms with Gasteiger partial charge in [0.1, 0.15) is 0 Å². The summed E-state index contributed by atoms with van der Waals surface area (Å²) < 4.78 is 0. The Hall–Kier alpha value is -4.71. The molecular weight excluding hydrogens is 590 g/mol. The first kappa shape index (κ1) is 33.2. The number of unbranched alkanes of at least 4 members (excludes halogenated alkanes) is 4. The number of amides is 1. The number of anilines is 2. The zero-order valence-corrected chi connectivity index (χ0v) is 28.6. The summed E-state index contributed by atoms with van der Waals surface area (Å²) in [6.45, 7) is 7.51. The molecule has 0 spiro atoms. The molecule has 1 unspecified atom stereocenters. The van der Waals surface area contributed by atoms with Crippen LogP contribution in [0.5, 0.6) is 0 Å². The Balaban J connectivity index is 1.09. The Morgan fingerprint density at radius 2 is 1.02 bits per heavy atom.